The van der Waals surface area contributed by atoms with Gasteiger partial charge in [-0.05, 0) is 50.1 Å². The summed E-state index contributed by atoms with van der Waals surface area (Å²) in [5.41, 5.74) is 2.94. The Labute approximate surface area is 166 Å². The molecule has 0 aliphatic rings. The van der Waals surface area contributed by atoms with Crippen molar-refractivity contribution in [2.75, 3.05) is 30.9 Å². The number of nitrogens with one attached hydrogen (secondary N) is 2. The van der Waals surface area contributed by atoms with Gasteiger partial charge in [0.1, 0.15) is 17.3 Å². The third kappa shape index (κ3) is 5.36. The van der Waals surface area contributed by atoms with Crippen molar-refractivity contribution >= 4 is 17.5 Å². The second-order valence-electron chi connectivity index (χ2n) is 6.30. The Morgan fingerprint density at radius 2 is 1.86 bits per heavy atom. The number of methoxy groups -OCH3 is 1. The lowest BCUT2D eigenvalue weighted by Crippen LogP contribution is -2.09. The summed E-state index contributed by atoms with van der Waals surface area (Å²) in [6.07, 6.45) is 0.871. The first-order chi connectivity index (χ1) is 13.7. The molecule has 0 unspecified atom stereocenters. The van der Waals surface area contributed by atoms with E-state index in [0.717, 1.165) is 41.7 Å². The van der Waals surface area contributed by atoms with Gasteiger partial charge in [-0.25, -0.2) is 4.98 Å². The number of hydrogen-bond acceptors (Lipinski definition) is 6. The van der Waals surface area contributed by atoms with Crippen LogP contribution in [0.4, 0.5) is 17.5 Å². The second-order valence-corrected chi connectivity index (χ2v) is 6.30. The number of rotatable bonds is 9. The Morgan fingerprint density at radius 1 is 1.00 bits per heavy atom. The molecule has 6 heteroatoms. The smallest absolute Gasteiger partial charge is 0.229 e. The number of aromatic nitrogens is 2. The van der Waals surface area contributed by atoms with Gasteiger partial charge in [0.15, 0.2) is 0 Å². The monoisotopic (exact) mass is 378 g/mol. The van der Waals surface area contributed by atoms with Gasteiger partial charge < -0.3 is 20.1 Å². The summed E-state index contributed by atoms with van der Waals surface area (Å²) in [6, 6.07) is 17.8. The number of nitrogens with zero attached hydrogens (tertiary/aromatic N) is 2. The summed E-state index contributed by atoms with van der Waals surface area (Å²) in [4.78, 5) is 9.07. The molecule has 0 saturated heterocycles. The van der Waals surface area contributed by atoms with Crippen molar-refractivity contribution < 1.29 is 9.47 Å². The lowest BCUT2D eigenvalue weighted by molar-refractivity contribution is 0.342. The van der Waals surface area contributed by atoms with Gasteiger partial charge in [-0.3, -0.25) is 0 Å². The summed E-state index contributed by atoms with van der Waals surface area (Å²) in [7, 11) is 1.68. The van der Waals surface area contributed by atoms with Crippen molar-refractivity contribution in [3.63, 3.8) is 0 Å². The number of hydrogen-bond donors (Lipinski definition) is 2. The molecule has 0 radical (unpaired) electrons. The van der Waals surface area contributed by atoms with E-state index in [1.165, 1.54) is 5.56 Å². The van der Waals surface area contributed by atoms with Crippen LogP contribution in [-0.2, 0) is 6.42 Å². The highest BCUT2D eigenvalue weighted by Crippen LogP contribution is 2.26. The van der Waals surface area contributed by atoms with Crippen molar-refractivity contribution in [1.29, 1.82) is 0 Å². The zero-order valence-electron chi connectivity index (χ0n) is 16.5. The molecule has 2 aromatic carbocycles. The zero-order valence-corrected chi connectivity index (χ0v) is 16.5. The molecule has 6 nitrogen and oxygen atoms in total. The standard InChI is InChI=1S/C22H26N4O2/c1-4-28-20-11-6-5-10-19(20)25-22-24-16(2)14-21(26-22)23-13-12-17-8-7-9-18(15-17)27-3/h5-11,14-15H,4,12-13H2,1-3H3,(H2,23,24,25,26). The molecule has 0 saturated carbocycles. The topological polar surface area (TPSA) is 68.3 Å². The number of ether oxygens (including phenoxy) is 2. The maximum atomic E-state index is 5.66. The van der Waals surface area contributed by atoms with Gasteiger partial charge in [-0.2, -0.15) is 4.98 Å². The third-order valence-electron chi connectivity index (χ3n) is 4.14. The van der Waals surface area contributed by atoms with Crippen molar-refractivity contribution in [2.24, 2.45) is 0 Å². The molecule has 0 spiro atoms. The van der Waals surface area contributed by atoms with Crippen molar-refractivity contribution in [3.8, 4) is 11.5 Å². The van der Waals surface area contributed by atoms with Crippen LogP contribution in [0.25, 0.3) is 0 Å². The van der Waals surface area contributed by atoms with E-state index in [9.17, 15) is 0 Å². The highest BCUT2D eigenvalue weighted by Gasteiger charge is 2.07. The van der Waals surface area contributed by atoms with Crippen LogP contribution in [0.1, 0.15) is 18.2 Å². The molecule has 0 atom stereocenters. The van der Waals surface area contributed by atoms with E-state index < -0.39 is 0 Å². The fourth-order valence-corrected chi connectivity index (χ4v) is 2.85. The Bertz CT molecular complexity index is 915. The maximum Gasteiger partial charge on any atom is 0.229 e. The molecule has 3 aromatic rings. The van der Waals surface area contributed by atoms with Crippen LogP contribution in [0.5, 0.6) is 11.5 Å². The average molecular weight is 378 g/mol. The number of anilines is 3. The summed E-state index contributed by atoms with van der Waals surface area (Å²) in [5, 5.41) is 6.63. The molecule has 1 heterocycles. The normalized spacial score (nSPS) is 10.4. The van der Waals surface area contributed by atoms with Gasteiger partial charge in [0, 0.05) is 18.3 Å². The molecule has 1 aromatic heterocycles. The minimum absolute atomic E-state index is 0.538. The Hall–Kier alpha value is -3.28. The molecule has 0 fully saturated rings. The third-order valence-corrected chi connectivity index (χ3v) is 4.14. The molecular formula is C22H26N4O2. The summed E-state index contributed by atoms with van der Waals surface area (Å²) in [5.74, 6) is 2.97. The second kappa shape index (κ2) is 9.60. The van der Waals surface area contributed by atoms with Crippen LogP contribution in [0, 0.1) is 6.92 Å². The molecule has 146 valence electrons. The van der Waals surface area contributed by atoms with Crippen LogP contribution in [0.3, 0.4) is 0 Å². The average Bonchev–Trinajstić information content (AvgIpc) is 2.69. The Balaban J connectivity index is 1.66. The highest BCUT2D eigenvalue weighted by molar-refractivity contribution is 5.63. The predicted molar refractivity (Wildman–Crippen MR) is 113 cm³/mol. The summed E-state index contributed by atoms with van der Waals surface area (Å²) < 4.78 is 10.9. The summed E-state index contributed by atoms with van der Waals surface area (Å²) >= 11 is 0. The van der Waals surface area contributed by atoms with Crippen LogP contribution < -0.4 is 20.1 Å². The van der Waals surface area contributed by atoms with E-state index in [0.29, 0.717) is 12.6 Å². The first-order valence-corrected chi connectivity index (χ1v) is 9.39. The van der Waals surface area contributed by atoms with Crippen LogP contribution in [-0.4, -0.2) is 30.2 Å². The number of para-hydroxylation sites is 2. The molecule has 28 heavy (non-hydrogen) atoms. The lowest BCUT2D eigenvalue weighted by atomic mass is 10.1. The van der Waals surface area contributed by atoms with Gasteiger partial charge in [-0.1, -0.05) is 24.3 Å². The molecule has 3 rings (SSSR count). The molecule has 2 N–H and O–H groups in total. The van der Waals surface area contributed by atoms with Crippen molar-refractivity contribution in [3.05, 3.63) is 65.9 Å². The molecule has 0 bridgehead atoms. The van der Waals surface area contributed by atoms with E-state index >= 15 is 0 Å². The maximum absolute atomic E-state index is 5.66. The quantitative estimate of drug-likeness (QED) is 0.568. The minimum atomic E-state index is 0.538. The number of aryl methyl sites for hydroxylation is 1. The van der Waals surface area contributed by atoms with Crippen molar-refractivity contribution in [2.45, 2.75) is 20.3 Å². The van der Waals surface area contributed by atoms with Crippen molar-refractivity contribution in [1.82, 2.24) is 9.97 Å². The fourth-order valence-electron chi connectivity index (χ4n) is 2.85. The molecular weight excluding hydrogens is 352 g/mol. The van der Waals surface area contributed by atoms with E-state index in [4.69, 9.17) is 9.47 Å². The van der Waals surface area contributed by atoms with Crippen LogP contribution in [0.2, 0.25) is 0 Å². The molecule has 0 amide bonds. The first kappa shape index (κ1) is 19.5. The van der Waals surface area contributed by atoms with E-state index in [1.54, 1.807) is 7.11 Å². The highest BCUT2D eigenvalue weighted by atomic mass is 16.5. The summed E-state index contributed by atoms with van der Waals surface area (Å²) in [6.45, 7) is 5.28. The Morgan fingerprint density at radius 3 is 2.68 bits per heavy atom. The van der Waals surface area contributed by atoms with Gasteiger partial charge >= 0.3 is 0 Å². The minimum Gasteiger partial charge on any atom is -0.497 e. The van der Waals surface area contributed by atoms with E-state index in [2.05, 4.69) is 26.7 Å². The molecule has 0 aliphatic heterocycles. The van der Waals surface area contributed by atoms with Gasteiger partial charge in [0.25, 0.3) is 0 Å². The van der Waals surface area contributed by atoms with Crippen LogP contribution >= 0.6 is 0 Å². The van der Waals surface area contributed by atoms with Gasteiger partial charge in [-0.15, -0.1) is 0 Å². The largest absolute Gasteiger partial charge is 0.497 e. The van der Waals surface area contributed by atoms with Gasteiger partial charge in [0.2, 0.25) is 5.95 Å². The lowest BCUT2D eigenvalue weighted by Gasteiger charge is -2.13. The Kier molecular flexibility index (Phi) is 6.68. The molecule has 0 aliphatic carbocycles. The predicted octanol–water partition coefficient (Wildman–Crippen LogP) is 4.59. The van der Waals surface area contributed by atoms with E-state index in [1.807, 2.05) is 62.4 Å². The van der Waals surface area contributed by atoms with Gasteiger partial charge in [0.05, 0.1) is 19.4 Å². The van der Waals surface area contributed by atoms with E-state index in [-0.39, 0.29) is 0 Å². The fraction of sp³-hybridized carbons (Fsp3) is 0.273. The number of benzene rings is 2. The van der Waals surface area contributed by atoms with Crippen LogP contribution in [0.15, 0.2) is 54.6 Å². The zero-order chi connectivity index (χ0) is 19.8. The SMILES string of the molecule is CCOc1ccccc1Nc1nc(C)cc(NCCc2cccc(OC)c2)n1. The first-order valence-electron chi connectivity index (χ1n) is 9.39.